The summed E-state index contributed by atoms with van der Waals surface area (Å²) in [4.78, 5) is 19.3. The summed E-state index contributed by atoms with van der Waals surface area (Å²) in [5, 5.41) is 2.07. The molecule has 0 spiro atoms. The molecule has 5 heterocycles. The Hall–Kier alpha value is -4.88. The van der Waals surface area contributed by atoms with Gasteiger partial charge in [-0.1, -0.05) is 114 Å². The first-order valence-electron chi connectivity index (χ1n) is 14.3. The van der Waals surface area contributed by atoms with Crippen LogP contribution in [0.2, 0.25) is 0 Å². The zero-order valence-corrected chi connectivity index (χ0v) is 25.2. The van der Waals surface area contributed by atoms with Crippen LogP contribution >= 0.6 is 22.6 Å². The Morgan fingerprint density at radius 1 is 0.465 bits per heavy atom. The second-order valence-corrected chi connectivity index (χ2v) is 11.8. The molecule has 0 radical (unpaired) electrons. The number of aliphatic imine (C=N–C) groups is 3. The quantitative estimate of drug-likeness (QED) is 0.184. The van der Waals surface area contributed by atoms with Gasteiger partial charge in [0.1, 0.15) is 0 Å². The highest BCUT2D eigenvalue weighted by molar-refractivity contribution is 14.1. The monoisotopic (exact) mass is 664 g/mol. The standard InChI is InChI=1S/C38H25IN4/c39-38-34-23-17-28(41-34)27-16-18-29(40-27)35(24-10-4-1-5-11-24)30-19-20-31(42-30)36(25-12-6-2-7-13-25)32-21-22-33(43-32)37(38)26-14-8-3-9-15-26/h1-23,38,43H/b28-27-,35-30-,36-32-,37-33?. The molecule has 204 valence electrons. The molecule has 1 atom stereocenters. The lowest BCUT2D eigenvalue weighted by Crippen LogP contribution is -2.24. The minimum Gasteiger partial charge on any atom is -0.355 e. The van der Waals surface area contributed by atoms with Gasteiger partial charge in [0.25, 0.3) is 0 Å². The van der Waals surface area contributed by atoms with Gasteiger partial charge >= 0.3 is 0 Å². The van der Waals surface area contributed by atoms with Crippen LogP contribution in [0, 0.1) is 0 Å². The van der Waals surface area contributed by atoms with Gasteiger partial charge in [0, 0.05) is 27.4 Å². The Morgan fingerprint density at radius 2 is 0.977 bits per heavy atom. The van der Waals surface area contributed by atoms with Crippen molar-refractivity contribution in [2.75, 3.05) is 0 Å². The average Bonchev–Trinajstić information content (AvgIpc) is 3.88. The van der Waals surface area contributed by atoms with E-state index < -0.39 is 0 Å². The molecule has 1 unspecified atom stereocenters. The lowest BCUT2D eigenvalue weighted by Gasteiger charge is -2.14. The number of aromatic nitrogens is 1. The van der Waals surface area contributed by atoms with Crippen molar-refractivity contribution < 1.29 is 0 Å². The lowest BCUT2D eigenvalue weighted by molar-refractivity contribution is 1.23. The van der Waals surface area contributed by atoms with Crippen molar-refractivity contribution in [3.05, 3.63) is 184 Å². The van der Waals surface area contributed by atoms with Crippen LogP contribution in [0.4, 0.5) is 0 Å². The molecule has 3 aromatic carbocycles. The number of nitrogens with one attached hydrogen (secondary N) is 1. The van der Waals surface area contributed by atoms with Gasteiger partial charge in [-0.2, -0.15) is 0 Å². The molecule has 0 aliphatic carbocycles. The van der Waals surface area contributed by atoms with Crippen LogP contribution in [0.3, 0.4) is 0 Å². The number of halogens is 1. The van der Waals surface area contributed by atoms with Gasteiger partial charge in [0.15, 0.2) is 0 Å². The van der Waals surface area contributed by atoms with Gasteiger partial charge in [0.2, 0.25) is 0 Å². The molecule has 4 aliphatic heterocycles. The number of aromatic amines is 1. The zero-order chi connectivity index (χ0) is 28.8. The van der Waals surface area contributed by atoms with Gasteiger partial charge in [-0.05, 0) is 65.3 Å². The fourth-order valence-corrected chi connectivity index (χ4v) is 6.97. The maximum Gasteiger partial charge on any atom is 0.0894 e. The van der Waals surface area contributed by atoms with Crippen molar-refractivity contribution in [3.8, 4) is 0 Å². The summed E-state index contributed by atoms with van der Waals surface area (Å²) in [7, 11) is 0. The highest BCUT2D eigenvalue weighted by atomic mass is 127. The summed E-state index contributed by atoms with van der Waals surface area (Å²) in [6.45, 7) is 0. The fraction of sp³-hybridized carbons (Fsp3) is 0.0263. The molecule has 8 rings (SSSR count). The first kappa shape index (κ1) is 25.8. The van der Waals surface area contributed by atoms with Gasteiger partial charge < -0.3 is 4.98 Å². The molecule has 1 N–H and O–H groups in total. The molecule has 1 aromatic heterocycles. The van der Waals surface area contributed by atoms with E-state index in [1.165, 1.54) is 5.57 Å². The highest BCUT2D eigenvalue weighted by Crippen LogP contribution is 2.33. The Balaban J connectivity index is 1.48. The largest absolute Gasteiger partial charge is 0.355 e. The van der Waals surface area contributed by atoms with Crippen molar-refractivity contribution in [2.24, 2.45) is 15.0 Å². The number of rotatable bonds is 3. The summed E-state index contributed by atoms with van der Waals surface area (Å²) >= 11 is 2.52. The van der Waals surface area contributed by atoms with Crippen molar-refractivity contribution in [3.63, 3.8) is 0 Å². The number of H-pyrrole nitrogens is 1. The topological polar surface area (TPSA) is 52.9 Å². The summed E-state index contributed by atoms with van der Waals surface area (Å²) in [5.74, 6) is 0. The molecule has 8 bridgehead atoms. The van der Waals surface area contributed by atoms with Crippen molar-refractivity contribution in [1.82, 2.24) is 4.98 Å². The highest BCUT2D eigenvalue weighted by Gasteiger charge is 2.25. The molecule has 43 heavy (non-hydrogen) atoms. The summed E-state index contributed by atoms with van der Waals surface area (Å²) in [6, 6.07) is 35.8. The molecule has 4 aliphatic rings. The lowest BCUT2D eigenvalue weighted by atomic mass is 9.99. The first-order valence-corrected chi connectivity index (χ1v) is 15.5. The predicted octanol–water partition coefficient (Wildman–Crippen LogP) is 6.89. The van der Waals surface area contributed by atoms with Crippen LogP contribution in [-0.2, 0) is 0 Å². The molecule has 5 heteroatoms. The number of alkyl halides is 1. The van der Waals surface area contributed by atoms with E-state index >= 15 is 0 Å². The molecular weight excluding hydrogens is 639 g/mol. The van der Waals surface area contributed by atoms with E-state index in [0.29, 0.717) is 0 Å². The van der Waals surface area contributed by atoms with E-state index in [9.17, 15) is 0 Å². The summed E-state index contributed by atoms with van der Waals surface area (Å²) < 4.78 is 0.0119. The average molecular weight is 665 g/mol. The van der Waals surface area contributed by atoms with Crippen molar-refractivity contribution in [2.45, 2.75) is 3.92 Å². The summed E-state index contributed by atoms with van der Waals surface area (Å²) in [6.07, 6.45) is 12.6. The number of allylic oxidation sites excluding steroid dienone is 7. The van der Waals surface area contributed by atoms with Crippen LogP contribution in [0.5, 0.6) is 0 Å². The Labute approximate surface area is 263 Å². The number of hydrogen-bond acceptors (Lipinski definition) is 3. The second-order valence-electron chi connectivity index (χ2n) is 10.6. The predicted molar refractivity (Wildman–Crippen MR) is 186 cm³/mol. The molecule has 0 fully saturated rings. The number of benzene rings is 3. The van der Waals surface area contributed by atoms with Gasteiger partial charge in [0.05, 0.1) is 38.2 Å². The molecule has 4 nitrogen and oxygen atoms in total. The molecule has 0 saturated carbocycles. The van der Waals surface area contributed by atoms with Gasteiger partial charge in [-0.3, -0.25) is 0 Å². The van der Waals surface area contributed by atoms with E-state index in [2.05, 4.69) is 155 Å². The van der Waals surface area contributed by atoms with Crippen LogP contribution in [-0.4, -0.2) is 26.0 Å². The van der Waals surface area contributed by atoms with E-state index in [1.807, 2.05) is 12.1 Å². The van der Waals surface area contributed by atoms with Crippen LogP contribution in [0.15, 0.2) is 172 Å². The molecular formula is C38H25IN4. The van der Waals surface area contributed by atoms with Gasteiger partial charge in [-0.25, -0.2) is 15.0 Å². The molecule has 4 aromatic rings. The van der Waals surface area contributed by atoms with E-state index in [0.717, 1.165) is 72.8 Å². The SMILES string of the molecule is IC1C2=N/C(=C3/C=CC(=N3)/C(c3ccccc3)=C3/C=CC(=N3)/C(c3ccccc3)=c3/ccc([nH]3)=C1c1ccccc1)C=C2. The van der Waals surface area contributed by atoms with E-state index in [4.69, 9.17) is 15.0 Å². The number of hydrogen-bond donors (Lipinski definition) is 1. The van der Waals surface area contributed by atoms with E-state index in [-0.39, 0.29) is 3.92 Å². The van der Waals surface area contributed by atoms with Crippen molar-refractivity contribution >= 4 is 56.4 Å². The Kier molecular flexibility index (Phi) is 6.45. The van der Waals surface area contributed by atoms with E-state index in [1.54, 1.807) is 0 Å². The van der Waals surface area contributed by atoms with Crippen LogP contribution in [0.25, 0.3) is 16.7 Å². The third-order valence-corrected chi connectivity index (χ3v) is 9.20. The Bertz CT molecular complexity index is 2150. The first-order chi connectivity index (χ1) is 21.2. The smallest absolute Gasteiger partial charge is 0.0894 e. The minimum atomic E-state index is 0.0119. The minimum absolute atomic E-state index is 0.0119. The maximum absolute atomic E-state index is 5.27. The van der Waals surface area contributed by atoms with Crippen LogP contribution in [0.1, 0.15) is 16.7 Å². The van der Waals surface area contributed by atoms with Gasteiger partial charge in [-0.15, -0.1) is 0 Å². The number of fused-ring (bicyclic) bond motifs is 5. The maximum atomic E-state index is 5.27. The van der Waals surface area contributed by atoms with Crippen LogP contribution < -0.4 is 10.7 Å². The third-order valence-electron chi connectivity index (χ3n) is 7.94. The third kappa shape index (κ3) is 4.66. The zero-order valence-electron chi connectivity index (χ0n) is 23.1. The molecule has 0 amide bonds. The summed E-state index contributed by atoms with van der Waals surface area (Å²) in [5.41, 5.74) is 12.0. The normalized spacial score (nSPS) is 23.5. The second kappa shape index (κ2) is 10.7. The number of nitrogens with zero attached hydrogens (tertiary/aromatic N) is 3. The molecule has 0 saturated heterocycles. The fourth-order valence-electron chi connectivity index (χ4n) is 5.93. The Morgan fingerprint density at radius 3 is 1.67 bits per heavy atom. The van der Waals surface area contributed by atoms with Crippen molar-refractivity contribution in [1.29, 1.82) is 0 Å².